The standard InChI is InChI=1S/C24H18F4N6O5S/c25-23(26)24(27,28)39-17-9-14(3-4-16(17)38-23)33-21(35)19-20(32-12-40-19)30-10-13-5-6-29-18(8-13)34-22(36)31-11-15-2-1-7-37-15/h1-9,12,30H,10-11H2,(H,33,35)(H2,29,31,34,36). The summed E-state index contributed by atoms with van der Waals surface area (Å²) in [5.74, 6) is -0.792. The van der Waals surface area contributed by atoms with Crippen LogP contribution in [0.2, 0.25) is 0 Å². The van der Waals surface area contributed by atoms with Gasteiger partial charge in [-0.25, -0.2) is 14.8 Å². The number of urea groups is 1. The minimum atomic E-state index is -4.89. The zero-order valence-electron chi connectivity index (χ0n) is 20.0. The van der Waals surface area contributed by atoms with E-state index in [2.05, 4.69) is 40.7 Å². The van der Waals surface area contributed by atoms with Gasteiger partial charge in [0, 0.05) is 24.5 Å². The molecule has 1 aromatic carbocycles. The molecule has 0 atom stereocenters. The van der Waals surface area contributed by atoms with Gasteiger partial charge in [-0.15, -0.1) is 11.3 Å². The van der Waals surface area contributed by atoms with Gasteiger partial charge in [0.05, 0.1) is 18.3 Å². The first-order valence-corrected chi connectivity index (χ1v) is 12.3. The van der Waals surface area contributed by atoms with Crippen LogP contribution in [0.1, 0.15) is 21.0 Å². The van der Waals surface area contributed by atoms with Crippen LogP contribution in [0.5, 0.6) is 11.5 Å². The number of aromatic nitrogens is 2. The first-order valence-electron chi connectivity index (χ1n) is 11.4. The Labute approximate surface area is 226 Å². The van der Waals surface area contributed by atoms with Gasteiger partial charge in [0.2, 0.25) is 0 Å². The van der Waals surface area contributed by atoms with E-state index < -0.39 is 35.7 Å². The van der Waals surface area contributed by atoms with Gasteiger partial charge in [-0.05, 0) is 42.0 Å². The van der Waals surface area contributed by atoms with Crippen LogP contribution in [0, 0.1) is 0 Å². The number of furan rings is 1. The lowest BCUT2D eigenvalue weighted by Crippen LogP contribution is -2.52. The fourth-order valence-corrected chi connectivity index (χ4v) is 4.10. The molecule has 3 amide bonds. The summed E-state index contributed by atoms with van der Waals surface area (Å²) in [4.78, 5) is 33.3. The molecule has 0 aliphatic carbocycles. The van der Waals surface area contributed by atoms with E-state index >= 15 is 0 Å². The molecule has 0 bridgehead atoms. The molecular formula is C24H18F4N6O5S. The number of halogens is 4. The molecule has 4 aromatic rings. The summed E-state index contributed by atoms with van der Waals surface area (Å²) in [7, 11) is 0. The van der Waals surface area contributed by atoms with Crippen LogP contribution in [0.3, 0.4) is 0 Å². The van der Waals surface area contributed by atoms with Crippen molar-refractivity contribution in [1.82, 2.24) is 15.3 Å². The van der Waals surface area contributed by atoms with Gasteiger partial charge in [0.1, 0.15) is 22.3 Å². The average molecular weight is 579 g/mol. The number of thiazole rings is 1. The number of hydrogen-bond acceptors (Lipinski definition) is 9. The van der Waals surface area contributed by atoms with E-state index in [1.807, 2.05) is 0 Å². The van der Waals surface area contributed by atoms with Crippen molar-refractivity contribution in [2.75, 3.05) is 16.0 Å². The third-order valence-electron chi connectivity index (χ3n) is 5.32. The number of alkyl halides is 4. The molecule has 0 spiro atoms. The molecule has 1 aliphatic heterocycles. The number of benzene rings is 1. The van der Waals surface area contributed by atoms with Gasteiger partial charge in [0.15, 0.2) is 11.5 Å². The molecule has 4 heterocycles. The smallest absolute Gasteiger partial charge is 0.467 e. The van der Waals surface area contributed by atoms with Gasteiger partial charge in [0.25, 0.3) is 5.91 Å². The van der Waals surface area contributed by atoms with Crippen molar-refractivity contribution in [2.45, 2.75) is 25.3 Å². The predicted octanol–water partition coefficient (Wildman–Crippen LogP) is 5.27. The molecule has 11 nitrogen and oxygen atoms in total. The van der Waals surface area contributed by atoms with Crippen LogP contribution in [0.25, 0.3) is 0 Å². The molecule has 0 radical (unpaired) electrons. The molecule has 0 saturated heterocycles. The monoisotopic (exact) mass is 578 g/mol. The molecular weight excluding hydrogens is 560 g/mol. The van der Waals surface area contributed by atoms with Crippen molar-refractivity contribution < 1.29 is 41.0 Å². The van der Waals surface area contributed by atoms with Gasteiger partial charge < -0.3 is 29.8 Å². The highest BCUT2D eigenvalue weighted by molar-refractivity contribution is 7.12. The normalized spacial score (nSPS) is 14.7. The Balaban J connectivity index is 1.18. The summed E-state index contributed by atoms with van der Waals surface area (Å²) in [6.45, 7) is 0.409. The Bertz CT molecular complexity index is 1530. The number of pyridine rings is 1. The Kier molecular flexibility index (Phi) is 7.17. The van der Waals surface area contributed by atoms with Crippen molar-refractivity contribution in [3.05, 3.63) is 76.6 Å². The quantitative estimate of drug-likeness (QED) is 0.207. The highest BCUT2D eigenvalue weighted by atomic mass is 32.1. The number of carbonyl (C=O) groups excluding carboxylic acids is 2. The lowest BCUT2D eigenvalue weighted by Gasteiger charge is -2.31. The van der Waals surface area contributed by atoms with Crippen molar-refractivity contribution in [3.8, 4) is 11.5 Å². The summed E-state index contributed by atoms with van der Waals surface area (Å²) in [6, 6.07) is 9.39. The van der Waals surface area contributed by atoms with Gasteiger partial charge in [-0.3, -0.25) is 10.1 Å². The van der Waals surface area contributed by atoms with Crippen LogP contribution in [-0.2, 0) is 13.1 Å². The van der Waals surface area contributed by atoms with E-state index in [1.165, 1.54) is 24.0 Å². The molecule has 4 N–H and O–H groups in total. The van der Waals surface area contributed by atoms with E-state index in [0.29, 0.717) is 11.3 Å². The molecule has 16 heteroatoms. The topological polar surface area (TPSA) is 140 Å². The number of hydrogen-bond donors (Lipinski definition) is 4. The second kappa shape index (κ2) is 10.7. The van der Waals surface area contributed by atoms with Crippen molar-refractivity contribution in [2.24, 2.45) is 0 Å². The molecule has 208 valence electrons. The molecule has 5 rings (SSSR count). The molecule has 0 saturated carbocycles. The zero-order valence-corrected chi connectivity index (χ0v) is 20.9. The summed E-state index contributed by atoms with van der Waals surface area (Å²) >= 11 is 1.01. The Morgan fingerprint density at radius 2 is 1.73 bits per heavy atom. The molecule has 0 fully saturated rings. The summed E-state index contributed by atoms with van der Waals surface area (Å²) in [5.41, 5.74) is 2.13. The van der Waals surface area contributed by atoms with Crippen molar-refractivity contribution in [3.63, 3.8) is 0 Å². The lowest BCUT2D eigenvalue weighted by molar-refractivity contribution is -0.391. The van der Waals surface area contributed by atoms with Crippen LogP contribution in [0.4, 0.5) is 39.7 Å². The summed E-state index contributed by atoms with van der Waals surface area (Å²) < 4.78 is 67.0. The Hall–Kier alpha value is -4.86. The second-order valence-corrected chi connectivity index (χ2v) is 9.03. The van der Waals surface area contributed by atoms with E-state index in [-0.39, 0.29) is 35.3 Å². The van der Waals surface area contributed by atoms with E-state index in [9.17, 15) is 27.2 Å². The minimum absolute atomic E-state index is 0.00268. The predicted molar refractivity (Wildman–Crippen MR) is 134 cm³/mol. The molecule has 3 aromatic heterocycles. The summed E-state index contributed by atoms with van der Waals surface area (Å²) in [6.07, 6.45) is -6.73. The van der Waals surface area contributed by atoms with E-state index in [4.69, 9.17) is 4.42 Å². The number of fused-ring (bicyclic) bond motifs is 1. The van der Waals surface area contributed by atoms with Crippen LogP contribution < -0.4 is 30.7 Å². The summed E-state index contributed by atoms with van der Waals surface area (Å²) in [5, 5.41) is 10.7. The maximum absolute atomic E-state index is 13.5. The maximum atomic E-state index is 13.5. The molecule has 40 heavy (non-hydrogen) atoms. The average Bonchev–Trinajstić information content (AvgIpc) is 3.59. The largest absolute Gasteiger partial charge is 0.507 e. The van der Waals surface area contributed by atoms with Crippen LogP contribution in [0.15, 0.2) is 64.9 Å². The number of anilines is 3. The third-order valence-corrected chi connectivity index (χ3v) is 6.14. The third kappa shape index (κ3) is 5.90. The highest BCUT2D eigenvalue weighted by Crippen LogP contribution is 2.47. The van der Waals surface area contributed by atoms with E-state index in [0.717, 1.165) is 23.5 Å². The van der Waals surface area contributed by atoms with Crippen LogP contribution in [-0.4, -0.2) is 34.1 Å². The first kappa shape index (κ1) is 26.7. The van der Waals surface area contributed by atoms with Crippen molar-refractivity contribution >= 4 is 40.6 Å². The maximum Gasteiger partial charge on any atom is 0.507 e. The number of ether oxygens (including phenoxy) is 2. The number of rotatable bonds is 8. The first-order chi connectivity index (χ1) is 19.1. The minimum Gasteiger partial charge on any atom is -0.467 e. The van der Waals surface area contributed by atoms with Crippen molar-refractivity contribution in [1.29, 1.82) is 0 Å². The van der Waals surface area contributed by atoms with Crippen LogP contribution >= 0.6 is 11.3 Å². The SMILES string of the molecule is O=C(NCc1ccco1)Nc1cc(CNc2ncsc2C(=O)Nc2ccc3c(c2)OC(F)(F)C(F)(F)O3)ccn1. The number of nitrogens with one attached hydrogen (secondary N) is 4. The fourth-order valence-electron chi connectivity index (χ4n) is 3.45. The number of carbonyl (C=O) groups is 2. The van der Waals surface area contributed by atoms with Gasteiger partial charge in [-0.2, -0.15) is 17.6 Å². The zero-order chi connectivity index (χ0) is 28.3. The Morgan fingerprint density at radius 3 is 2.50 bits per heavy atom. The number of amides is 3. The molecule has 0 unspecified atom stereocenters. The van der Waals surface area contributed by atoms with E-state index in [1.54, 1.807) is 24.3 Å². The number of nitrogens with zero attached hydrogens (tertiary/aromatic N) is 2. The Morgan fingerprint density at radius 1 is 0.925 bits per heavy atom. The lowest BCUT2D eigenvalue weighted by atomic mass is 10.2. The molecule has 1 aliphatic rings. The highest BCUT2D eigenvalue weighted by Gasteiger charge is 2.65. The van der Waals surface area contributed by atoms with Gasteiger partial charge in [-0.1, -0.05) is 0 Å². The van der Waals surface area contributed by atoms with Gasteiger partial charge >= 0.3 is 18.2 Å². The second-order valence-electron chi connectivity index (χ2n) is 8.17. The fraction of sp³-hybridized carbons (Fsp3) is 0.167.